The maximum atomic E-state index is 5.11. The lowest BCUT2D eigenvalue weighted by Gasteiger charge is -2.14. The predicted octanol–water partition coefficient (Wildman–Crippen LogP) is -0.00208. The molecule has 15 heavy (non-hydrogen) atoms. The standard InChI is InChI=1S/C11H22NOSi.HI/c1-11-9-13-10-12(11)7-5-6-8-14(2,3)4;/h9-10H,5-8H2,1-4H3;1H/q+1;/p-1. The Morgan fingerprint density at radius 3 is 2.40 bits per heavy atom. The molecule has 2 nitrogen and oxygen atoms in total. The second-order valence-electron chi connectivity index (χ2n) is 5.21. The van der Waals surface area contributed by atoms with Crippen LogP contribution in [0.15, 0.2) is 17.1 Å². The Morgan fingerprint density at radius 1 is 1.27 bits per heavy atom. The van der Waals surface area contributed by atoms with Crippen LogP contribution in [0.4, 0.5) is 0 Å². The molecule has 0 saturated carbocycles. The smallest absolute Gasteiger partial charge is 0.334 e. The number of hydrogen-bond acceptors (Lipinski definition) is 1. The van der Waals surface area contributed by atoms with Crippen molar-refractivity contribution in [2.45, 2.75) is 52.0 Å². The molecule has 0 bridgehead atoms. The van der Waals surface area contributed by atoms with Gasteiger partial charge in [-0.05, 0) is 6.42 Å². The van der Waals surface area contributed by atoms with Crippen molar-refractivity contribution >= 4 is 8.07 Å². The van der Waals surface area contributed by atoms with Crippen molar-refractivity contribution in [3.05, 3.63) is 18.4 Å². The third-order valence-electron chi connectivity index (χ3n) is 2.46. The van der Waals surface area contributed by atoms with E-state index in [9.17, 15) is 0 Å². The van der Waals surface area contributed by atoms with Crippen molar-refractivity contribution in [2.24, 2.45) is 0 Å². The number of aryl methyl sites for hydroxylation is 2. The molecule has 1 rings (SSSR count). The fourth-order valence-corrected chi connectivity index (χ4v) is 2.83. The first-order chi connectivity index (χ1) is 6.49. The summed E-state index contributed by atoms with van der Waals surface area (Å²) in [6, 6.07) is 1.43. The first kappa shape index (κ1) is 15.2. The first-order valence-electron chi connectivity index (χ1n) is 5.41. The van der Waals surface area contributed by atoms with Gasteiger partial charge in [-0.15, -0.1) is 0 Å². The molecule has 0 radical (unpaired) electrons. The van der Waals surface area contributed by atoms with E-state index in [1.165, 1.54) is 24.6 Å². The van der Waals surface area contributed by atoms with Gasteiger partial charge in [0.2, 0.25) is 5.69 Å². The van der Waals surface area contributed by atoms with E-state index >= 15 is 0 Å². The van der Waals surface area contributed by atoms with Gasteiger partial charge in [0.1, 0.15) is 0 Å². The van der Waals surface area contributed by atoms with Crippen molar-refractivity contribution in [3.63, 3.8) is 0 Å². The van der Waals surface area contributed by atoms with E-state index in [1.807, 2.05) is 6.39 Å². The quantitative estimate of drug-likeness (QED) is 0.319. The van der Waals surface area contributed by atoms with Crippen LogP contribution in [-0.4, -0.2) is 8.07 Å². The normalized spacial score (nSPS) is 11.2. The molecule has 0 unspecified atom stereocenters. The largest absolute Gasteiger partial charge is 1.00 e. The predicted molar refractivity (Wildman–Crippen MR) is 61.0 cm³/mol. The number of hydrogen-bond donors (Lipinski definition) is 0. The lowest BCUT2D eigenvalue weighted by molar-refractivity contribution is -0.705. The van der Waals surface area contributed by atoms with E-state index in [1.54, 1.807) is 6.26 Å². The summed E-state index contributed by atoms with van der Waals surface area (Å²) in [6.45, 7) is 10.5. The Bertz CT molecular complexity index is 280. The zero-order valence-electron chi connectivity index (χ0n) is 10.2. The Kier molecular flexibility index (Phi) is 6.75. The molecule has 0 aliphatic heterocycles. The second kappa shape index (κ2) is 6.68. The SMILES string of the molecule is Cc1coc[n+]1CCCC[Si](C)(C)C.[I-]. The van der Waals surface area contributed by atoms with Crippen LogP contribution in [-0.2, 0) is 6.54 Å². The van der Waals surface area contributed by atoms with Gasteiger partial charge >= 0.3 is 6.39 Å². The van der Waals surface area contributed by atoms with Crippen molar-refractivity contribution in [1.29, 1.82) is 0 Å². The van der Waals surface area contributed by atoms with Crippen LogP contribution in [0.2, 0.25) is 25.7 Å². The number of halogens is 1. The Hall–Kier alpha value is 0.157. The van der Waals surface area contributed by atoms with Gasteiger partial charge in [0, 0.05) is 21.4 Å². The molecule has 1 aromatic heterocycles. The van der Waals surface area contributed by atoms with E-state index in [0.29, 0.717) is 0 Å². The molecule has 4 heteroatoms. The Morgan fingerprint density at radius 2 is 1.93 bits per heavy atom. The molecule has 1 heterocycles. The van der Waals surface area contributed by atoms with E-state index in [4.69, 9.17) is 4.42 Å². The highest BCUT2D eigenvalue weighted by Crippen LogP contribution is 2.12. The molecule has 0 aliphatic rings. The minimum Gasteiger partial charge on any atom is -1.00 e. The summed E-state index contributed by atoms with van der Waals surface area (Å²) in [5, 5.41) is 0. The summed E-state index contributed by atoms with van der Waals surface area (Å²) in [5.41, 5.74) is 1.22. The summed E-state index contributed by atoms with van der Waals surface area (Å²) >= 11 is 0. The van der Waals surface area contributed by atoms with Gasteiger partial charge in [0.25, 0.3) is 0 Å². The molecule has 0 atom stereocenters. The topological polar surface area (TPSA) is 17.0 Å². The van der Waals surface area contributed by atoms with Crippen LogP contribution in [0.5, 0.6) is 0 Å². The molecule has 0 N–H and O–H groups in total. The van der Waals surface area contributed by atoms with Gasteiger partial charge in [-0.1, -0.05) is 25.7 Å². The summed E-state index contributed by atoms with van der Waals surface area (Å²) in [7, 11) is -0.826. The Labute approximate surface area is 111 Å². The van der Waals surface area contributed by atoms with Crippen LogP contribution in [0, 0.1) is 6.92 Å². The van der Waals surface area contributed by atoms with E-state index < -0.39 is 8.07 Å². The summed E-state index contributed by atoms with van der Waals surface area (Å²) in [4.78, 5) is 0. The molecule has 0 spiro atoms. The van der Waals surface area contributed by atoms with E-state index in [0.717, 1.165) is 6.54 Å². The summed E-state index contributed by atoms with van der Waals surface area (Å²) in [5.74, 6) is 0. The molecule has 1 aromatic rings. The van der Waals surface area contributed by atoms with Crippen LogP contribution in [0.1, 0.15) is 18.5 Å². The lowest BCUT2D eigenvalue weighted by atomic mass is 10.3. The zero-order valence-corrected chi connectivity index (χ0v) is 13.4. The highest BCUT2D eigenvalue weighted by molar-refractivity contribution is 6.76. The van der Waals surface area contributed by atoms with Gasteiger partial charge in [0.05, 0.1) is 0 Å². The van der Waals surface area contributed by atoms with Crippen molar-refractivity contribution < 1.29 is 33.0 Å². The number of unbranched alkanes of at least 4 members (excludes halogenated alkanes) is 1. The van der Waals surface area contributed by atoms with Gasteiger partial charge in [-0.2, -0.15) is 4.57 Å². The maximum Gasteiger partial charge on any atom is 0.334 e. The molecule has 0 aliphatic carbocycles. The fraction of sp³-hybridized carbons (Fsp3) is 0.727. The molecule has 0 saturated heterocycles. The monoisotopic (exact) mass is 339 g/mol. The minimum absolute atomic E-state index is 0. The molecule has 0 fully saturated rings. The number of nitrogens with zero attached hydrogens (tertiary/aromatic N) is 1. The first-order valence-corrected chi connectivity index (χ1v) is 9.12. The average Bonchev–Trinajstić information content (AvgIpc) is 2.44. The highest BCUT2D eigenvalue weighted by atomic mass is 127. The van der Waals surface area contributed by atoms with E-state index in [-0.39, 0.29) is 24.0 Å². The van der Waals surface area contributed by atoms with E-state index in [2.05, 4.69) is 31.1 Å². The molecule has 0 aromatic carbocycles. The fourth-order valence-electron chi connectivity index (χ4n) is 1.52. The van der Waals surface area contributed by atoms with Crippen molar-refractivity contribution in [3.8, 4) is 0 Å². The van der Waals surface area contributed by atoms with Gasteiger partial charge in [0.15, 0.2) is 12.8 Å². The second-order valence-corrected chi connectivity index (χ2v) is 10.8. The number of rotatable bonds is 5. The van der Waals surface area contributed by atoms with Crippen LogP contribution in [0.3, 0.4) is 0 Å². The zero-order chi connectivity index (χ0) is 10.6. The molecule has 88 valence electrons. The van der Waals surface area contributed by atoms with Crippen molar-refractivity contribution in [2.75, 3.05) is 0 Å². The number of aromatic nitrogens is 1. The van der Waals surface area contributed by atoms with Crippen LogP contribution >= 0.6 is 0 Å². The van der Waals surface area contributed by atoms with Gasteiger partial charge in [-0.25, -0.2) is 0 Å². The van der Waals surface area contributed by atoms with Gasteiger partial charge in [-0.3, -0.25) is 0 Å². The summed E-state index contributed by atoms with van der Waals surface area (Å²) < 4.78 is 7.30. The van der Waals surface area contributed by atoms with Crippen LogP contribution < -0.4 is 28.5 Å². The van der Waals surface area contributed by atoms with Gasteiger partial charge < -0.3 is 28.4 Å². The van der Waals surface area contributed by atoms with Crippen molar-refractivity contribution in [1.82, 2.24) is 0 Å². The minimum atomic E-state index is -0.826. The van der Waals surface area contributed by atoms with Crippen LogP contribution in [0.25, 0.3) is 0 Å². The molecular formula is C11H22INOSi. The lowest BCUT2D eigenvalue weighted by Crippen LogP contribution is -3.00. The third kappa shape index (κ3) is 6.35. The molecule has 0 amide bonds. The third-order valence-corrected chi connectivity index (χ3v) is 4.31. The number of oxazole rings is 1. The summed E-state index contributed by atoms with van der Waals surface area (Å²) in [6.07, 6.45) is 6.24. The highest BCUT2D eigenvalue weighted by Gasteiger charge is 2.13. The average molecular weight is 339 g/mol. The Balaban J connectivity index is 0.00000196. The molecular weight excluding hydrogens is 317 g/mol. The maximum absolute atomic E-state index is 5.11.